The monoisotopic (exact) mass is 281 g/mol. The smallest absolute Gasteiger partial charge is 0.405 e. The Bertz CT molecular complexity index is 474. The minimum atomic E-state index is -1.23. The van der Waals surface area contributed by atoms with E-state index in [1.54, 1.807) is 6.08 Å². The fourth-order valence-electron chi connectivity index (χ4n) is 1.77. The van der Waals surface area contributed by atoms with Gasteiger partial charge in [-0.15, -0.1) is 18.2 Å². The molecule has 0 aliphatic carbocycles. The van der Waals surface area contributed by atoms with Crippen molar-refractivity contribution in [3.63, 3.8) is 0 Å². The molecular formula is C14H16ClNO3. The van der Waals surface area contributed by atoms with Gasteiger partial charge in [0, 0.05) is 0 Å². The Morgan fingerprint density at radius 1 is 1.42 bits per heavy atom. The van der Waals surface area contributed by atoms with Crippen LogP contribution < -0.4 is 5.32 Å². The lowest BCUT2D eigenvalue weighted by molar-refractivity contribution is -0.118. The number of Topliss-reactive ketones (excluding diaryl/α,β-unsaturated/α-hetero) is 1. The average molecular weight is 282 g/mol. The second-order valence-electron chi connectivity index (χ2n) is 4.12. The summed E-state index contributed by atoms with van der Waals surface area (Å²) in [5, 5.41) is 10.9. The number of benzene rings is 1. The molecule has 1 amide bonds. The van der Waals surface area contributed by atoms with Gasteiger partial charge in [0.2, 0.25) is 0 Å². The average Bonchev–Trinajstić information content (AvgIpc) is 2.37. The molecule has 0 aliphatic heterocycles. The minimum Gasteiger partial charge on any atom is -0.465 e. The Kier molecular flexibility index (Phi) is 6.09. The highest BCUT2D eigenvalue weighted by Crippen LogP contribution is 2.10. The van der Waals surface area contributed by atoms with Gasteiger partial charge >= 0.3 is 6.09 Å². The Morgan fingerprint density at radius 3 is 2.68 bits per heavy atom. The van der Waals surface area contributed by atoms with E-state index in [1.807, 2.05) is 24.3 Å². The summed E-state index contributed by atoms with van der Waals surface area (Å²) in [5.41, 5.74) is 1.96. The van der Waals surface area contributed by atoms with Crippen LogP contribution in [0.25, 0.3) is 0 Å². The number of rotatable bonds is 7. The third-order valence-electron chi connectivity index (χ3n) is 2.63. The van der Waals surface area contributed by atoms with Crippen molar-refractivity contribution in [3.05, 3.63) is 48.0 Å². The summed E-state index contributed by atoms with van der Waals surface area (Å²) in [7, 11) is 0. The predicted molar refractivity (Wildman–Crippen MR) is 74.7 cm³/mol. The second kappa shape index (κ2) is 7.59. The topological polar surface area (TPSA) is 66.4 Å². The fourth-order valence-corrected chi connectivity index (χ4v) is 1.96. The predicted octanol–water partition coefficient (Wildman–Crippen LogP) is 2.40. The number of allylic oxidation sites excluding steroid dienone is 1. The van der Waals surface area contributed by atoms with Crippen molar-refractivity contribution in [1.82, 2.24) is 5.32 Å². The van der Waals surface area contributed by atoms with Crippen LogP contribution in [0.4, 0.5) is 4.79 Å². The molecule has 0 saturated heterocycles. The van der Waals surface area contributed by atoms with Gasteiger partial charge in [-0.2, -0.15) is 0 Å². The van der Waals surface area contributed by atoms with Crippen LogP contribution in [0.3, 0.4) is 0 Å². The number of amides is 1. The molecule has 0 saturated carbocycles. The summed E-state index contributed by atoms with van der Waals surface area (Å²) >= 11 is 5.48. The maximum atomic E-state index is 11.6. The van der Waals surface area contributed by atoms with E-state index in [9.17, 15) is 9.59 Å². The van der Waals surface area contributed by atoms with Crippen LogP contribution >= 0.6 is 11.6 Å². The molecule has 2 N–H and O–H groups in total. The first-order chi connectivity index (χ1) is 9.06. The van der Waals surface area contributed by atoms with E-state index >= 15 is 0 Å². The highest BCUT2D eigenvalue weighted by Gasteiger charge is 2.19. The van der Waals surface area contributed by atoms with E-state index in [4.69, 9.17) is 16.7 Å². The SMILES string of the molecule is C=CCc1cccc(C[C@H](NC(=O)O)C(=O)CCl)c1. The van der Waals surface area contributed by atoms with Crippen LogP contribution in [0.15, 0.2) is 36.9 Å². The Balaban J connectivity index is 2.82. The standard InChI is InChI=1S/C14H16ClNO3/c1-2-4-10-5-3-6-11(7-10)8-12(13(17)9-15)16-14(18)19/h2-3,5-7,12,16H,1,4,8-9H2,(H,18,19)/t12-/m0/s1. The molecule has 1 aromatic rings. The quantitative estimate of drug-likeness (QED) is 0.596. The number of halogens is 1. The van der Waals surface area contributed by atoms with Crippen molar-refractivity contribution in [1.29, 1.82) is 0 Å². The number of hydrogen-bond acceptors (Lipinski definition) is 2. The zero-order valence-corrected chi connectivity index (χ0v) is 11.2. The maximum absolute atomic E-state index is 11.6. The highest BCUT2D eigenvalue weighted by atomic mass is 35.5. The molecule has 0 spiro atoms. The molecule has 1 atom stereocenters. The number of ketones is 1. The molecule has 0 radical (unpaired) electrons. The summed E-state index contributed by atoms with van der Waals surface area (Å²) in [6.07, 6.45) is 1.58. The molecule has 0 aromatic heterocycles. The first-order valence-electron chi connectivity index (χ1n) is 5.83. The lowest BCUT2D eigenvalue weighted by atomic mass is 10.0. The number of carboxylic acid groups (broad SMARTS) is 1. The molecule has 0 bridgehead atoms. The zero-order chi connectivity index (χ0) is 14.3. The summed E-state index contributed by atoms with van der Waals surface area (Å²) < 4.78 is 0. The van der Waals surface area contributed by atoms with E-state index in [1.165, 1.54) is 0 Å². The van der Waals surface area contributed by atoms with Gasteiger partial charge in [-0.05, 0) is 24.0 Å². The summed E-state index contributed by atoms with van der Waals surface area (Å²) in [6, 6.07) is 6.80. The molecule has 5 heteroatoms. The third-order valence-corrected chi connectivity index (χ3v) is 2.89. The van der Waals surface area contributed by atoms with Crippen LogP contribution in [-0.4, -0.2) is 28.9 Å². The molecule has 0 fully saturated rings. The normalized spacial score (nSPS) is 11.6. The van der Waals surface area contributed by atoms with E-state index in [0.717, 1.165) is 17.5 Å². The number of nitrogens with one attached hydrogen (secondary N) is 1. The van der Waals surface area contributed by atoms with E-state index in [2.05, 4.69) is 11.9 Å². The molecule has 102 valence electrons. The molecule has 1 aromatic carbocycles. The number of hydrogen-bond donors (Lipinski definition) is 2. The van der Waals surface area contributed by atoms with Gasteiger partial charge in [0.1, 0.15) is 0 Å². The number of alkyl halides is 1. The Hall–Kier alpha value is -1.81. The summed E-state index contributed by atoms with van der Waals surface area (Å²) in [6.45, 7) is 3.67. The lowest BCUT2D eigenvalue weighted by Gasteiger charge is -2.15. The van der Waals surface area contributed by atoms with Crippen molar-refractivity contribution < 1.29 is 14.7 Å². The van der Waals surface area contributed by atoms with Gasteiger partial charge < -0.3 is 10.4 Å². The lowest BCUT2D eigenvalue weighted by Crippen LogP contribution is -2.42. The van der Waals surface area contributed by atoms with Gasteiger partial charge in [0.25, 0.3) is 0 Å². The first kappa shape index (κ1) is 15.2. The largest absolute Gasteiger partial charge is 0.465 e. The number of carbonyl (C=O) groups excluding carboxylic acids is 1. The highest BCUT2D eigenvalue weighted by molar-refractivity contribution is 6.28. The van der Waals surface area contributed by atoms with Crippen LogP contribution in [0.5, 0.6) is 0 Å². The number of carbonyl (C=O) groups is 2. The molecule has 0 unspecified atom stereocenters. The maximum Gasteiger partial charge on any atom is 0.405 e. The van der Waals surface area contributed by atoms with Gasteiger partial charge in [-0.3, -0.25) is 4.79 Å². The fraction of sp³-hybridized carbons (Fsp3) is 0.286. The van der Waals surface area contributed by atoms with Gasteiger partial charge in [0.15, 0.2) is 5.78 Å². The van der Waals surface area contributed by atoms with Crippen molar-refractivity contribution in [2.24, 2.45) is 0 Å². The molecule has 19 heavy (non-hydrogen) atoms. The molecule has 0 heterocycles. The van der Waals surface area contributed by atoms with Crippen molar-refractivity contribution in [3.8, 4) is 0 Å². The minimum absolute atomic E-state index is 0.211. The van der Waals surface area contributed by atoms with E-state index in [-0.39, 0.29) is 11.7 Å². The van der Waals surface area contributed by atoms with Crippen LogP contribution in [0, 0.1) is 0 Å². The van der Waals surface area contributed by atoms with Crippen LogP contribution in [0.1, 0.15) is 11.1 Å². The zero-order valence-electron chi connectivity index (χ0n) is 10.4. The Labute approximate surface area is 117 Å². The summed E-state index contributed by atoms with van der Waals surface area (Å²) in [5.74, 6) is -0.546. The van der Waals surface area contributed by atoms with Crippen LogP contribution in [0.2, 0.25) is 0 Å². The Morgan fingerprint density at radius 2 is 2.11 bits per heavy atom. The first-order valence-corrected chi connectivity index (χ1v) is 6.37. The molecule has 1 rings (SSSR count). The summed E-state index contributed by atoms with van der Waals surface area (Å²) in [4.78, 5) is 22.3. The van der Waals surface area contributed by atoms with Crippen molar-refractivity contribution in [2.45, 2.75) is 18.9 Å². The van der Waals surface area contributed by atoms with E-state index < -0.39 is 12.1 Å². The van der Waals surface area contributed by atoms with Gasteiger partial charge in [0.05, 0.1) is 11.9 Å². The molecular weight excluding hydrogens is 266 g/mol. The molecule has 0 aliphatic rings. The third kappa shape index (κ3) is 5.14. The second-order valence-corrected chi connectivity index (χ2v) is 4.39. The van der Waals surface area contributed by atoms with Crippen molar-refractivity contribution >= 4 is 23.5 Å². The molecule has 4 nitrogen and oxygen atoms in total. The van der Waals surface area contributed by atoms with Gasteiger partial charge in [-0.1, -0.05) is 30.3 Å². The van der Waals surface area contributed by atoms with Crippen molar-refractivity contribution in [2.75, 3.05) is 5.88 Å². The van der Waals surface area contributed by atoms with E-state index in [0.29, 0.717) is 6.42 Å². The van der Waals surface area contributed by atoms with Crippen LogP contribution in [-0.2, 0) is 17.6 Å². The van der Waals surface area contributed by atoms with Gasteiger partial charge in [-0.25, -0.2) is 4.79 Å².